The van der Waals surface area contributed by atoms with E-state index in [1.807, 2.05) is 6.07 Å². The Morgan fingerprint density at radius 1 is 1.29 bits per heavy atom. The number of nitriles is 1. The maximum absolute atomic E-state index is 12.2. The lowest BCUT2D eigenvalue weighted by Crippen LogP contribution is -2.30. The SMILES string of the molecule is CCN(CC)S(=O)(=O)c1ccc(C#N)c(C)c1. The molecular formula is C12H16N2O2S. The number of rotatable bonds is 4. The second-order valence-corrected chi connectivity index (χ2v) is 5.62. The highest BCUT2D eigenvalue weighted by Crippen LogP contribution is 2.18. The molecule has 0 saturated heterocycles. The smallest absolute Gasteiger partial charge is 0.207 e. The molecular weight excluding hydrogens is 236 g/mol. The van der Waals surface area contributed by atoms with Gasteiger partial charge in [0.25, 0.3) is 0 Å². The minimum atomic E-state index is -3.42. The summed E-state index contributed by atoms with van der Waals surface area (Å²) in [5, 5.41) is 8.80. The van der Waals surface area contributed by atoms with Crippen LogP contribution in [0.1, 0.15) is 25.0 Å². The molecule has 0 heterocycles. The normalized spacial score (nSPS) is 11.5. The molecule has 0 radical (unpaired) electrons. The Labute approximate surface area is 103 Å². The van der Waals surface area contributed by atoms with Gasteiger partial charge in [0, 0.05) is 13.1 Å². The van der Waals surface area contributed by atoms with Crippen molar-refractivity contribution in [3.05, 3.63) is 29.3 Å². The lowest BCUT2D eigenvalue weighted by Gasteiger charge is -2.18. The van der Waals surface area contributed by atoms with E-state index in [0.717, 1.165) is 0 Å². The average molecular weight is 252 g/mol. The number of hydrogen-bond donors (Lipinski definition) is 0. The lowest BCUT2D eigenvalue weighted by molar-refractivity contribution is 0.445. The molecule has 0 aromatic heterocycles. The molecule has 0 atom stereocenters. The van der Waals surface area contributed by atoms with Crippen molar-refractivity contribution in [2.75, 3.05) is 13.1 Å². The van der Waals surface area contributed by atoms with Crippen LogP contribution in [0, 0.1) is 18.3 Å². The summed E-state index contributed by atoms with van der Waals surface area (Å²) >= 11 is 0. The van der Waals surface area contributed by atoms with Crippen LogP contribution < -0.4 is 0 Å². The van der Waals surface area contributed by atoms with Crippen LogP contribution in [-0.2, 0) is 10.0 Å². The zero-order chi connectivity index (χ0) is 13.1. The molecule has 0 aliphatic carbocycles. The van der Waals surface area contributed by atoms with Gasteiger partial charge in [-0.25, -0.2) is 8.42 Å². The minimum Gasteiger partial charge on any atom is -0.207 e. The summed E-state index contributed by atoms with van der Waals surface area (Å²) in [5.74, 6) is 0. The summed E-state index contributed by atoms with van der Waals surface area (Å²) in [6, 6.07) is 6.60. The fourth-order valence-electron chi connectivity index (χ4n) is 1.63. The van der Waals surface area contributed by atoms with Gasteiger partial charge in [0.05, 0.1) is 16.5 Å². The second-order valence-electron chi connectivity index (χ2n) is 3.68. The first kappa shape index (κ1) is 13.7. The summed E-state index contributed by atoms with van der Waals surface area (Å²) in [4.78, 5) is 0.248. The van der Waals surface area contributed by atoms with E-state index in [9.17, 15) is 8.42 Å². The Hall–Kier alpha value is -1.38. The monoisotopic (exact) mass is 252 g/mol. The van der Waals surface area contributed by atoms with E-state index in [-0.39, 0.29) is 4.90 Å². The highest BCUT2D eigenvalue weighted by molar-refractivity contribution is 7.89. The van der Waals surface area contributed by atoms with E-state index >= 15 is 0 Å². The van der Waals surface area contributed by atoms with E-state index in [1.54, 1.807) is 32.9 Å². The van der Waals surface area contributed by atoms with E-state index in [0.29, 0.717) is 24.2 Å². The highest BCUT2D eigenvalue weighted by Gasteiger charge is 2.21. The fraction of sp³-hybridized carbons (Fsp3) is 0.417. The molecule has 1 aromatic rings. The van der Waals surface area contributed by atoms with Gasteiger partial charge in [-0.1, -0.05) is 13.8 Å². The first-order valence-electron chi connectivity index (χ1n) is 5.48. The van der Waals surface area contributed by atoms with Crippen LogP contribution in [0.15, 0.2) is 23.1 Å². The van der Waals surface area contributed by atoms with Crippen molar-refractivity contribution in [1.29, 1.82) is 5.26 Å². The zero-order valence-electron chi connectivity index (χ0n) is 10.3. The van der Waals surface area contributed by atoms with Gasteiger partial charge in [0.1, 0.15) is 0 Å². The third-order valence-corrected chi connectivity index (χ3v) is 4.71. The Morgan fingerprint density at radius 3 is 2.29 bits per heavy atom. The molecule has 92 valence electrons. The van der Waals surface area contributed by atoms with E-state index in [2.05, 4.69) is 0 Å². The van der Waals surface area contributed by atoms with Crippen molar-refractivity contribution in [1.82, 2.24) is 4.31 Å². The zero-order valence-corrected chi connectivity index (χ0v) is 11.1. The summed E-state index contributed by atoms with van der Waals surface area (Å²) in [6.07, 6.45) is 0. The molecule has 0 spiro atoms. The van der Waals surface area contributed by atoms with E-state index in [1.165, 1.54) is 10.4 Å². The number of benzene rings is 1. The summed E-state index contributed by atoms with van der Waals surface area (Å²) < 4.78 is 25.8. The minimum absolute atomic E-state index is 0.248. The van der Waals surface area contributed by atoms with E-state index < -0.39 is 10.0 Å². The molecule has 0 fully saturated rings. The molecule has 0 unspecified atom stereocenters. The molecule has 0 aliphatic heterocycles. The van der Waals surface area contributed by atoms with Gasteiger partial charge in [-0.2, -0.15) is 9.57 Å². The third-order valence-electron chi connectivity index (χ3n) is 2.66. The Bertz CT molecular complexity index is 540. The summed E-state index contributed by atoms with van der Waals surface area (Å²) in [7, 11) is -3.42. The van der Waals surface area contributed by atoms with Crippen LogP contribution in [-0.4, -0.2) is 25.8 Å². The number of nitrogens with zero attached hydrogens (tertiary/aromatic N) is 2. The van der Waals surface area contributed by atoms with Gasteiger partial charge in [-0.15, -0.1) is 0 Å². The third kappa shape index (κ3) is 2.65. The predicted octanol–water partition coefficient (Wildman–Crippen LogP) is 1.90. The highest BCUT2D eigenvalue weighted by atomic mass is 32.2. The van der Waals surface area contributed by atoms with E-state index in [4.69, 9.17) is 5.26 Å². The van der Waals surface area contributed by atoms with Crippen molar-refractivity contribution in [3.8, 4) is 6.07 Å². The molecule has 4 nitrogen and oxygen atoms in total. The van der Waals surface area contributed by atoms with Crippen LogP contribution in [0.25, 0.3) is 0 Å². The maximum Gasteiger partial charge on any atom is 0.243 e. The standard InChI is InChI=1S/C12H16N2O2S/c1-4-14(5-2)17(15,16)12-7-6-11(9-13)10(3)8-12/h6-8H,4-5H2,1-3H3. The Morgan fingerprint density at radius 2 is 1.88 bits per heavy atom. The van der Waals surface area contributed by atoms with Crippen LogP contribution in [0.5, 0.6) is 0 Å². The van der Waals surface area contributed by atoms with Crippen LogP contribution in [0.4, 0.5) is 0 Å². The fourth-order valence-corrected chi connectivity index (χ4v) is 3.18. The van der Waals surface area contributed by atoms with Crippen LogP contribution >= 0.6 is 0 Å². The first-order chi connectivity index (χ1) is 7.97. The second kappa shape index (κ2) is 5.30. The topological polar surface area (TPSA) is 61.2 Å². The quantitative estimate of drug-likeness (QED) is 0.822. The largest absolute Gasteiger partial charge is 0.243 e. The Kier molecular flexibility index (Phi) is 4.27. The van der Waals surface area contributed by atoms with Crippen LogP contribution in [0.3, 0.4) is 0 Å². The van der Waals surface area contributed by atoms with Crippen molar-refractivity contribution in [3.63, 3.8) is 0 Å². The van der Waals surface area contributed by atoms with Gasteiger partial charge < -0.3 is 0 Å². The molecule has 0 N–H and O–H groups in total. The van der Waals surface area contributed by atoms with Crippen molar-refractivity contribution in [2.24, 2.45) is 0 Å². The van der Waals surface area contributed by atoms with Crippen molar-refractivity contribution < 1.29 is 8.42 Å². The average Bonchev–Trinajstić information content (AvgIpc) is 2.30. The molecule has 1 aromatic carbocycles. The molecule has 1 rings (SSSR count). The van der Waals surface area contributed by atoms with Crippen molar-refractivity contribution in [2.45, 2.75) is 25.7 Å². The molecule has 5 heteroatoms. The Balaban J connectivity index is 3.26. The number of sulfonamides is 1. The van der Waals surface area contributed by atoms with Gasteiger partial charge >= 0.3 is 0 Å². The van der Waals surface area contributed by atoms with Gasteiger partial charge in [-0.05, 0) is 30.7 Å². The predicted molar refractivity (Wildman–Crippen MR) is 66.0 cm³/mol. The lowest BCUT2D eigenvalue weighted by atomic mass is 10.1. The molecule has 17 heavy (non-hydrogen) atoms. The van der Waals surface area contributed by atoms with Gasteiger partial charge in [0.15, 0.2) is 0 Å². The summed E-state index contributed by atoms with van der Waals surface area (Å²) in [6.45, 7) is 6.23. The van der Waals surface area contributed by atoms with Crippen LogP contribution in [0.2, 0.25) is 0 Å². The molecule has 0 bridgehead atoms. The van der Waals surface area contributed by atoms with Crippen molar-refractivity contribution >= 4 is 10.0 Å². The summed E-state index contributed by atoms with van der Waals surface area (Å²) in [5.41, 5.74) is 1.18. The molecule has 0 aliphatic rings. The maximum atomic E-state index is 12.2. The first-order valence-corrected chi connectivity index (χ1v) is 6.92. The number of hydrogen-bond acceptors (Lipinski definition) is 3. The van der Waals surface area contributed by atoms with Gasteiger partial charge in [0.2, 0.25) is 10.0 Å². The van der Waals surface area contributed by atoms with Gasteiger partial charge in [-0.3, -0.25) is 0 Å². The molecule has 0 amide bonds. The number of aryl methyl sites for hydroxylation is 1. The molecule has 0 saturated carbocycles.